The van der Waals surface area contributed by atoms with Crippen LogP contribution in [0, 0.1) is 12.8 Å². The Labute approximate surface area is 237 Å². The summed E-state index contributed by atoms with van der Waals surface area (Å²) < 4.78 is 7.09. The van der Waals surface area contributed by atoms with Crippen LogP contribution in [0.5, 0.6) is 5.75 Å². The van der Waals surface area contributed by atoms with E-state index in [2.05, 4.69) is 82.8 Å². The summed E-state index contributed by atoms with van der Waals surface area (Å²) in [4.78, 5) is 4.77. The normalized spacial score (nSPS) is 19.7. The third-order valence-electron chi connectivity index (χ3n) is 7.40. The largest absolute Gasteiger partial charge is 0.488 e. The van der Waals surface area contributed by atoms with Crippen LogP contribution in [-0.2, 0) is 6.61 Å². The fraction of sp³-hybridized carbons (Fsp3) is 0.182. The predicted molar refractivity (Wildman–Crippen MR) is 161 cm³/mol. The SMILES string of the molecule is Cc1ccc2c(c1)[C@@H]1C=CC[C@@H]1[C@H](c1ccc(N=Cc3cc(Br)ccc3OCc3ccc(Cl)cc3)cc1)N2. The van der Waals surface area contributed by atoms with E-state index in [1.54, 1.807) is 0 Å². The van der Waals surface area contributed by atoms with Gasteiger partial charge in [-0.2, -0.15) is 0 Å². The number of hydrogen-bond donors (Lipinski definition) is 1. The third kappa shape index (κ3) is 5.29. The second-order valence-corrected chi connectivity index (χ2v) is 11.4. The summed E-state index contributed by atoms with van der Waals surface area (Å²) in [6, 6.07) is 29.3. The lowest BCUT2D eigenvalue weighted by Crippen LogP contribution is -2.29. The second-order valence-electron chi connectivity index (χ2n) is 10.0. The Balaban J connectivity index is 1.19. The van der Waals surface area contributed by atoms with Crippen molar-refractivity contribution in [2.45, 2.75) is 31.9 Å². The highest BCUT2D eigenvalue weighted by molar-refractivity contribution is 9.10. The van der Waals surface area contributed by atoms with Gasteiger partial charge in [-0.3, -0.25) is 4.99 Å². The van der Waals surface area contributed by atoms with Gasteiger partial charge in [0.05, 0.1) is 11.7 Å². The molecule has 3 atom stereocenters. The van der Waals surface area contributed by atoms with Gasteiger partial charge < -0.3 is 10.1 Å². The molecule has 4 aromatic rings. The summed E-state index contributed by atoms with van der Waals surface area (Å²) in [6.45, 7) is 2.63. The van der Waals surface area contributed by atoms with Crippen molar-refractivity contribution in [1.82, 2.24) is 0 Å². The van der Waals surface area contributed by atoms with E-state index >= 15 is 0 Å². The molecule has 0 saturated heterocycles. The Morgan fingerprint density at radius 1 is 1.00 bits per heavy atom. The van der Waals surface area contributed by atoms with E-state index in [9.17, 15) is 0 Å². The highest BCUT2D eigenvalue weighted by Crippen LogP contribution is 2.50. The molecule has 1 aliphatic carbocycles. The molecule has 0 aromatic heterocycles. The number of aliphatic imine (C=N–C) groups is 1. The molecule has 5 heteroatoms. The van der Waals surface area contributed by atoms with Gasteiger partial charge in [0.15, 0.2) is 0 Å². The lowest BCUT2D eigenvalue weighted by molar-refractivity contribution is 0.306. The third-order valence-corrected chi connectivity index (χ3v) is 8.15. The number of hydrogen-bond acceptors (Lipinski definition) is 3. The fourth-order valence-electron chi connectivity index (χ4n) is 5.45. The van der Waals surface area contributed by atoms with Gasteiger partial charge in [-0.15, -0.1) is 0 Å². The first kappa shape index (κ1) is 25.0. The number of allylic oxidation sites excluding steroid dienone is 2. The Morgan fingerprint density at radius 2 is 1.82 bits per heavy atom. The second kappa shape index (κ2) is 10.8. The van der Waals surface area contributed by atoms with Gasteiger partial charge in [0, 0.05) is 32.9 Å². The van der Waals surface area contributed by atoms with Crippen molar-refractivity contribution in [3.8, 4) is 5.75 Å². The molecule has 0 bridgehead atoms. The molecular formula is C33H28BrClN2O. The molecular weight excluding hydrogens is 556 g/mol. The number of aryl methyl sites for hydroxylation is 1. The van der Waals surface area contributed by atoms with Crippen LogP contribution in [0.3, 0.4) is 0 Å². The van der Waals surface area contributed by atoms with Crippen molar-refractivity contribution in [3.05, 3.63) is 134 Å². The summed E-state index contributed by atoms with van der Waals surface area (Å²) in [5.41, 5.74) is 8.16. The number of nitrogens with one attached hydrogen (secondary N) is 1. The molecule has 0 amide bonds. The molecule has 190 valence electrons. The lowest BCUT2D eigenvalue weighted by Gasteiger charge is -2.37. The zero-order chi connectivity index (χ0) is 26.1. The van der Waals surface area contributed by atoms with Crippen LogP contribution in [0.15, 0.2) is 107 Å². The van der Waals surface area contributed by atoms with Crippen LogP contribution in [-0.4, -0.2) is 6.21 Å². The van der Waals surface area contributed by atoms with Crippen molar-refractivity contribution in [3.63, 3.8) is 0 Å². The van der Waals surface area contributed by atoms with E-state index in [4.69, 9.17) is 21.3 Å². The molecule has 0 fully saturated rings. The molecule has 0 saturated carbocycles. The minimum Gasteiger partial charge on any atom is -0.488 e. The standard InChI is InChI=1S/C33H28BrClN2O/c1-21-5-15-31-30(17-21)28-3-2-4-29(28)33(37-31)23-8-13-27(14-9-23)36-19-24-18-25(34)10-16-32(24)38-20-22-6-11-26(35)12-7-22/h2-3,5-19,28-29,33,37H,4,20H2,1H3/t28-,29+,33+/m1/s1. The zero-order valence-corrected chi connectivity index (χ0v) is 23.4. The summed E-state index contributed by atoms with van der Waals surface area (Å²) >= 11 is 9.58. The van der Waals surface area contributed by atoms with Gasteiger partial charge in [-0.1, -0.05) is 81.6 Å². The molecule has 1 N–H and O–H groups in total. The summed E-state index contributed by atoms with van der Waals surface area (Å²) in [5, 5.41) is 4.54. The molecule has 2 aliphatic rings. The highest BCUT2D eigenvalue weighted by Gasteiger charge is 2.37. The van der Waals surface area contributed by atoms with E-state index in [-0.39, 0.29) is 6.04 Å². The van der Waals surface area contributed by atoms with E-state index in [0.717, 1.165) is 38.5 Å². The van der Waals surface area contributed by atoms with Crippen LogP contribution in [0.25, 0.3) is 0 Å². The molecule has 1 aliphatic heterocycles. The number of nitrogens with zero attached hydrogens (tertiary/aromatic N) is 1. The van der Waals surface area contributed by atoms with E-state index in [0.29, 0.717) is 18.4 Å². The van der Waals surface area contributed by atoms with E-state index < -0.39 is 0 Å². The Bertz CT molecular complexity index is 1510. The average Bonchev–Trinajstić information content (AvgIpc) is 3.43. The fourth-order valence-corrected chi connectivity index (χ4v) is 5.95. The predicted octanol–water partition coefficient (Wildman–Crippen LogP) is 9.57. The summed E-state index contributed by atoms with van der Waals surface area (Å²) in [6.07, 6.45) is 7.69. The first-order valence-corrected chi connectivity index (χ1v) is 14.1. The Morgan fingerprint density at radius 3 is 2.63 bits per heavy atom. The molecule has 0 spiro atoms. The first-order valence-electron chi connectivity index (χ1n) is 12.9. The molecule has 4 aromatic carbocycles. The van der Waals surface area contributed by atoms with Crippen LogP contribution in [0.1, 0.15) is 46.2 Å². The molecule has 38 heavy (non-hydrogen) atoms. The number of rotatable bonds is 6. The van der Waals surface area contributed by atoms with Crippen LogP contribution in [0.4, 0.5) is 11.4 Å². The van der Waals surface area contributed by atoms with E-state index in [1.807, 2.05) is 48.7 Å². The van der Waals surface area contributed by atoms with Crippen LogP contribution >= 0.6 is 27.5 Å². The van der Waals surface area contributed by atoms with Gasteiger partial charge in [-0.05, 0) is 84.5 Å². The molecule has 6 rings (SSSR count). The topological polar surface area (TPSA) is 33.6 Å². The number of anilines is 1. The van der Waals surface area contributed by atoms with Gasteiger partial charge in [0.2, 0.25) is 0 Å². The van der Waals surface area contributed by atoms with E-state index in [1.165, 1.54) is 22.4 Å². The van der Waals surface area contributed by atoms with Crippen molar-refractivity contribution in [1.29, 1.82) is 0 Å². The van der Waals surface area contributed by atoms with Crippen LogP contribution in [0.2, 0.25) is 5.02 Å². The number of fused-ring (bicyclic) bond motifs is 3. The van der Waals surface area contributed by atoms with Crippen molar-refractivity contribution >= 4 is 45.1 Å². The maximum absolute atomic E-state index is 6.11. The maximum Gasteiger partial charge on any atom is 0.128 e. The van der Waals surface area contributed by atoms with Gasteiger partial charge >= 0.3 is 0 Å². The highest BCUT2D eigenvalue weighted by atomic mass is 79.9. The maximum atomic E-state index is 6.11. The monoisotopic (exact) mass is 582 g/mol. The number of benzene rings is 4. The summed E-state index contributed by atoms with van der Waals surface area (Å²) in [5.74, 6) is 1.78. The van der Waals surface area contributed by atoms with Crippen molar-refractivity contribution in [2.75, 3.05) is 5.32 Å². The Kier molecular flexibility index (Phi) is 7.10. The van der Waals surface area contributed by atoms with Crippen LogP contribution < -0.4 is 10.1 Å². The quantitative estimate of drug-likeness (QED) is 0.181. The number of ether oxygens (including phenoxy) is 1. The molecule has 3 nitrogen and oxygen atoms in total. The molecule has 1 heterocycles. The smallest absolute Gasteiger partial charge is 0.128 e. The van der Waals surface area contributed by atoms with Crippen molar-refractivity contribution in [2.24, 2.45) is 10.9 Å². The zero-order valence-electron chi connectivity index (χ0n) is 21.1. The number of halogens is 2. The van der Waals surface area contributed by atoms with Gasteiger partial charge in [0.25, 0.3) is 0 Å². The minimum atomic E-state index is 0.279. The minimum absolute atomic E-state index is 0.279. The van der Waals surface area contributed by atoms with Gasteiger partial charge in [-0.25, -0.2) is 0 Å². The summed E-state index contributed by atoms with van der Waals surface area (Å²) in [7, 11) is 0. The Hall–Kier alpha value is -3.34. The van der Waals surface area contributed by atoms with Crippen molar-refractivity contribution < 1.29 is 4.74 Å². The molecule has 0 unspecified atom stereocenters. The molecule has 0 radical (unpaired) electrons. The average molecular weight is 584 g/mol. The first-order chi connectivity index (χ1) is 18.5. The lowest BCUT2D eigenvalue weighted by atomic mass is 9.76. The van der Waals surface area contributed by atoms with Gasteiger partial charge in [0.1, 0.15) is 12.4 Å².